The van der Waals surface area contributed by atoms with Crippen LogP contribution in [0.15, 0.2) is 100.0 Å². The summed E-state index contributed by atoms with van der Waals surface area (Å²) in [6.07, 6.45) is -0.0828. The molecule has 0 heterocycles. The van der Waals surface area contributed by atoms with Gasteiger partial charge in [-0.2, -0.15) is 43.9 Å². The third-order valence-corrected chi connectivity index (χ3v) is 14.5. The largest absolute Gasteiger partial charge is 0.491 e. The van der Waals surface area contributed by atoms with Crippen molar-refractivity contribution in [3.05, 3.63) is 65.2 Å². The average Bonchev–Trinajstić information content (AvgIpc) is 3.21. The number of anilines is 3. The van der Waals surface area contributed by atoms with Crippen molar-refractivity contribution < 1.29 is 66.2 Å². The van der Waals surface area contributed by atoms with E-state index in [2.05, 4.69) is 41.3 Å². The molecule has 69 heavy (non-hydrogen) atoms. The molecule has 0 unspecified atom stereocenters. The molecule has 4 rings (SSSR count). The fourth-order valence-corrected chi connectivity index (χ4v) is 10.3. The topological polar surface area (TPSA) is 385 Å². The van der Waals surface area contributed by atoms with E-state index in [1.54, 1.807) is 13.0 Å². The molecule has 4 aromatic carbocycles. The molecule has 8 N–H and O–H groups in total. The molecule has 24 nitrogen and oxygen atoms in total. The fraction of sp³-hybridized carbons (Fsp3) is 0.316. The van der Waals surface area contributed by atoms with E-state index in [9.17, 15) is 56.9 Å². The monoisotopic (exact) mass is 1090 g/mol. The highest BCUT2D eigenvalue weighted by molar-refractivity contribution is 7.99. The number of nitrogen functional groups attached to an aromatic ring is 1. The van der Waals surface area contributed by atoms with Gasteiger partial charge >= 0.3 is 0 Å². The van der Waals surface area contributed by atoms with Gasteiger partial charge in [-0.1, -0.05) is 11.6 Å². The molecule has 0 aliphatic heterocycles. The SMILES string of the molecule is CC(=O)Nc1cc(N=Nc2cc(SCCCS(=O)(=O)O)c(N=Nc3cc(OCCCS(=O)(=O)O)c(N)cc3C)cc2NC(C)=O)c(SCCCS(=O)(=O)O)cc1N=Nc1ccc(Cl)c(S(=O)(=O)O)c1. The van der Waals surface area contributed by atoms with E-state index in [1.807, 2.05) is 0 Å². The average molecular weight is 1090 g/mol. The number of nitrogens with one attached hydrogen (secondary N) is 2. The van der Waals surface area contributed by atoms with E-state index in [4.69, 9.17) is 26.6 Å². The van der Waals surface area contributed by atoms with Crippen LogP contribution in [0.5, 0.6) is 5.75 Å². The van der Waals surface area contributed by atoms with Gasteiger partial charge < -0.3 is 21.1 Å². The van der Waals surface area contributed by atoms with E-state index in [0.29, 0.717) is 10.5 Å². The molecule has 0 radical (unpaired) electrons. The van der Waals surface area contributed by atoms with Gasteiger partial charge in [0.2, 0.25) is 11.8 Å². The summed E-state index contributed by atoms with van der Waals surface area (Å²) >= 11 is 8.07. The summed E-state index contributed by atoms with van der Waals surface area (Å²) in [4.78, 5) is 24.9. The smallest absolute Gasteiger partial charge is 0.296 e. The summed E-state index contributed by atoms with van der Waals surface area (Å²) in [6, 6.07) is 12.0. The standard InChI is InChI=1S/C38H44ClN9O15S6/c1-22-15-27(40)35(63-9-4-12-66(51,52)53)19-28(22)44-47-33-18-30(42-24(3)50)32(21-37(33)65-11-6-14-68(57,58)59)46-48-34-17-29(41-23(2)49)31(20-36(34)64-10-5-13-67(54,55)56)45-43-25-7-8-26(39)38(16-25)69(60,61)62/h7-8,15-21H,4-6,9-14,40H2,1-3H3,(H,41,49)(H,42,50)(H,51,52,53)(H,54,55,56)(H,57,58,59)(H,60,61,62). The first-order valence-corrected chi connectivity index (χ1v) is 28.3. The maximum atomic E-state index is 12.5. The number of azo groups is 3. The van der Waals surface area contributed by atoms with Crippen LogP contribution in [-0.4, -0.2) is 99.1 Å². The van der Waals surface area contributed by atoms with Crippen LogP contribution in [0.2, 0.25) is 5.02 Å². The van der Waals surface area contributed by atoms with Crippen molar-refractivity contribution in [1.29, 1.82) is 0 Å². The van der Waals surface area contributed by atoms with Crippen LogP contribution in [0.4, 0.5) is 51.2 Å². The molecular formula is C38H44ClN9O15S6. The van der Waals surface area contributed by atoms with Gasteiger partial charge in [0, 0.05) is 29.7 Å². The Labute approximate surface area is 410 Å². The van der Waals surface area contributed by atoms with Gasteiger partial charge in [0.25, 0.3) is 40.5 Å². The summed E-state index contributed by atoms with van der Waals surface area (Å²) in [5.41, 5.74) is 7.35. The second-order valence-corrected chi connectivity index (χ2v) is 23.2. The minimum atomic E-state index is -4.75. The molecule has 4 aromatic rings. The number of nitrogens with zero attached hydrogens (tertiary/aromatic N) is 6. The highest BCUT2D eigenvalue weighted by Gasteiger charge is 2.19. The summed E-state index contributed by atoms with van der Waals surface area (Å²) in [7, 11) is -17.6. The molecule has 0 spiro atoms. The molecule has 31 heteroatoms. The Morgan fingerprint density at radius 3 is 1.54 bits per heavy atom. The van der Waals surface area contributed by atoms with Crippen molar-refractivity contribution in [3.8, 4) is 5.75 Å². The summed E-state index contributed by atoms with van der Waals surface area (Å²) in [5.74, 6) is -2.45. The van der Waals surface area contributed by atoms with Crippen molar-refractivity contribution >= 4 is 139 Å². The Morgan fingerprint density at radius 2 is 1.07 bits per heavy atom. The Morgan fingerprint density at radius 1 is 0.623 bits per heavy atom. The van der Waals surface area contributed by atoms with Crippen LogP contribution in [0, 0.1) is 6.92 Å². The van der Waals surface area contributed by atoms with Crippen molar-refractivity contribution in [3.63, 3.8) is 0 Å². The van der Waals surface area contributed by atoms with Crippen LogP contribution < -0.4 is 21.1 Å². The first kappa shape index (κ1) is 56.4. The number of benzene rings is 4. The molecule has 0 atom stereocenters. The number of ether oxygens (including phenoxy) is 1. The van der Waals surface area contributed by atoms with Crippen LogP contribution in [0.1, 0.15) is 38.7 Å². The van der Waals surface area contributed by atoms with Gasteiger partial charge in [0.1, 0.15) is 33.4 Å². The van der Waals surface area contributed by atoms with Gasteiger partial charge in [-0.15, -0.1) is 44.0 Å². The number of halogens is 1. The normalized spacial score (nSPS) is 12.6. The van der Waals surface area contributed by atoms with Crippen molar-refractivity contribution in [2.75, 3.05) is 51.7 Å². The number of amides is 2. The number of nitrogens with two attached hydrogens (primary N) is 1. The van der Waals surface area contributed by atoms with Gasteiger partial charge in [-0.05, 0) is 91.8 Å². The van der Waals surface area contributed by atoms with E-state index >= 15 is 0 Å². The van der Waals surface area contributed by atoms with Crippen LogP contribution in [-0.2, 0) is 50.1 Å². The number of hydrogen-bond acceptors (Lipinski definition) is 20. The van der Waals surface area contributed by atoms with Gasteiger partial charge in [0.05, 0.1) is 57.3 Å². The minimum absolute atomic E-state index is 0.00538. The third-order valence-electron chi connectivity index (χ3n) is 8.51. The first-order valence-electron chi connectivity index (χ1n) is 19.6. The number of thioether (sulfide) groups is 2. The van der Waals surface area contributed by atoms with Gasteiger partial charge in [-0.3, -0.25) is 27.8 Å². The molecule has 0 saturated carbocycles. The first-order chi connectivity index (χ1) is 32.1. The molecule has 2 amide bonds. The number of rotatable bonds is 24. The van der Waals surface area contributed by atoms with E-state index < -0.39 is 74.4 Å². The maximum absolute atomic E-state index is 12.5. The van der Waals surface area contributed by atoms with E-state index in [1.165, 1.54) is 50.2 Å². The molecule has 374 valence electrons. The lowest BCUT2D eigenvalue weighted by Gasteiger charge is -2.13. The highest BCUT2D eigenvalue weighted by Crippen LogP contribution is 2.44. The molecule has 0 fully saturated rings. The number of hydrogen-bond donors (Lipinski definition) is 7. The van der Waals surface area contributed by atoms with Crippen molar-refractivity contribution in [1.82, 2.24) is 0 Å². The zero-order valence-electron chi connectivity index (χ0n) is 36.4. The second kappa shape index (κ2) is 24.6. The van der Waals surface area contributed by atoms with E-state index in [0.717, 1.165) is 35.7 Å². The predicted molar refractivity (Wildman–Crippen MR) is 261 cm³/mol. The fourth-order valence-electron chi connectivity index (χ4n) is 5.53. The third kappa shape index (κ3) is 19.6. The lowest BCUT2D eigenvalue weighted by atomic mass is 10.1. The van der Waals surface area contributed by atoms with Gasteiger partial charge in [0.15, 0.2) is 0 Å². The van der Waals surface area contributed by atoms with Crippen molar-refractivity contribution in [2.24, 2.45) is 30.7 Å². The molecule has 0 aromatic heterocycles. The van der Waals surface area contributed by atoms with Crippen LogP contribution >= 0.6 is 35.1 Å². The molecule has 0 aliphatic rings. The number of carbonyl (C=O) groups excluding carboxylic acids is 2. The molecular weight excluding hydrogens is 1050 g/mol. The Kier molecular flexibility index (Phi) is 20.1. The van der Waals surface area contributed by atoms with Crippen LogP contribution in [0.25, 0.3) is 0 Å². The summed E-state index contributed by atoms with van der Waals surface area (Å²) in [5, 5.41) is 30.8. The number of carbonyl (C=O) groups is 2. The lowest BCUT2D eigenvalue weighted by molar-refractivity contribution is -0.115. The Hall–Kier alpha value is -5.15. The Bertz CT molecular complexity index is 3140. The maximum Gasteiger partial charge on any atom is 0.296 e. The second-order valence-electron chi connectivity index (χ2n) is 14.4. The van der Waals surface area contributed by atoms with Gasteiger partial charge in [-0.25, -0.2) is 0 Å². The zero-order valence-corrected chi connectivity index (χ0v) is 42.1. The quantitative estimate of drug-likeness (QED) is 0.0113. The minimum Gasteiger partial charge on any atom is -0.491 e. The molecule has 0 aliphatic carbocycles. The summed E-state index contributed by atoms with van der Waals surface area (Å²) < 4.78 is 135. The summed E-state index contributed by atoms with van der Waals surface area (Å²) in [6.45, 7) is 3.98. The zero-order chi connectivity index (χ0) is 51.3. The van der Waals surface area contributed by atoms with Crippen LogP contribution in [0.3, 0.4) is 0 Å². The van der Waals surface area contributed by atoms with E-state index in [-0.39, 0.29) is 104 Å². The highest BCUT2D eigenvalue weighted by atomic mass is 35.5. The lowest BCUT2D eigenvalue weighted by Crippen LogP contribution is -2.09. The van der Waals surface area contributed by atoms with Crippen molar-refractivity contribution in [2.45, 2.75) is 54.7 Å². The molecule has 0 saturated heterocycles. The molecule has 0 bridgehead atoms. The Balaban J connectivity index is 1.86. The predicted octanol–water partition coefficient (Wildman–Crippen LogP) is 9.04. The number of aryl methyl sites for hydroxylation is 1.